The molecule has 188 valence electrons. The molecule has 3 amide bonds. The molecule has 2 atom stereocenters. The number of fused-ring (bicyclic) bond motifs is 4. The Morgan fingerprint density at radius 1 is 0.838 bits per heavy atom. The minimum atomic E-state index is -1.12. The van der Waals surface area contributed by atoms with E-state index in [1.54, 1.807) is 19.1 Å². The number of nitrogens with zero attached hydrogens (tertiary/aromatic N) is 1. The summed E-state index contributed by atoms with van der Waals surface area (Å²) >= 11 is 0. The molecule has 3 aromatic carbocycles. The Bertz CT molecular complexity index is 1320. The van der Waals surface area contributed by atoms with Crippen LogP contribution in [0.1, 0.15) is 58.0 Å². The molecule has 3 aromatic rings. The first kappa shape index (κ1) is 24.2. The maximum absolute atomic E-state index is 13.0. The van der Waals surface area contributed by atoms with E-state index in [1.165, 1.54) is 12.1 Å². The number of hydrogen-bond donors (Lipinski definition) is 1. The predicted octanol–water partition coefficient (Wildman–Crippen LogP) is 4.69. The van der Waals surface area contributed by atoms with Crippen LogP contribution in [0.4, 0.5) is 4.79 Å². The highest BCUT2D eigenvalue weighted by atomic mass is 16.7. The van der Waals surface area contributed by atoms with Gasteiger partial charge in [-0.25, -0.2) is 9.59 Å². The third-order valence-corrected chi connectivity index (χ3v) is 7.02. The van der Waals surface area contributed by atoms with E-state index >= 15 is 0 Å². The van der Waals surface area contributed by atoms with Crippen molar-refractivity contribution in [3.05, 3.63) is 95.1 Å². The van der Waals surface area contributed by atoms with Crippen molar-refractivity contribution in [2.24, 2.45) is 5.92 Å². The smallest absolute Gasteiger partial charge is 0.407 e. The molecule has 0 aromatic heterocycles. The Labute approximate surface area is 214 Å². The van der Waals surface area contributed by atoms with Crippen molar-refractivity contribution in [3.8, 4) is 11.1 Å². The van der Waals surface area contributed by atoms with Gasteiger partial charge in [-0.1, -0.05) is 86.0 Å². The first-order chi connectivity index (χ1) is 17.9. The van der Waals surface area contributed by atoms with Crippen LogP contribution in [0.15, 0.2) is 72.8 Å². The van der Waals surface area contributed by atoms with Crippen molar-refractivity contribution in [3.63, 3.8) is 0 Å². The lowest BCUT2D eigenvalue weighted by molar-refractivity contribution is -0.172. The van der Waals surface area contributed by atoms with Gasteiger partial charge in [0.1, 0.15) is 12.6 Å². The van der Waals surface area contributed by atoms with E-state index in [1.807, 2.05) is 55.5 Å². The minimum Gasteiger partial charge on any atom is -0.449 e. The molecular formula is C29H26N2O6. The van der Waals surface area contributed by atoms with Crippen LogP contribution in [0.2, 0.25) is 0 Å². The molecular weight excluding hydrogens is 472 g/mol. The number of alkyl carbamates (subject to hydrolysis) is 1. The first-order valence-electron chi connectivity index (χ1n) is 12.2. The predicted molar refractivity (Wildman–Crippen MR) is 134 cm³/mol. The van der Waals surface area contributed by atoms with Crippen molar-refractivity contribution in [2.45, 2.75) is 32.2 Å². The number of ether oxygens (including phenoxy) is 1. The average Bonchev–Trinajstić information content (AvgIpc) is 3.37. The van der Waals surface area contributed by atoms with Crippen molar-refractivity contribution < 1.29 is 28.8 Å². The molecule has 8 heteroatoms. The Morgan fingerprint density at radius 3 is 1.84 bits per heavy atom. The van der Waals surface area contributed by atoms with Gasteiger partial charge in [-0.05, 0) is 40.3 Å². The molecule has 0 saturated carbocycles. The van der Waals surface area contributed by atoms with Gasteiger partial charge in [-0.2, -0.15) is 0 Å². The summed E-state index contributed by atoms with van der Waals surface area (Å²) in [5, 5.41) is 3.03. The van der Waals surface area contributed by atoms with E-state index < -0.39 is 29.9 Å². The highest BCUT2D eigenvalue weighted by molar-refractivity contribution is 6.21. The summed E-state index contributed by atoms with van der Waals surface area (Å²) < 4.78 is 5.57. The lowest BCUT2D eigenvalue weighted by atomic mass is 9.98. The van der Waals surface area contributed by atoms with Crippen LogP contribution < -0.4 is 5.32 Å². The van der Waals surface area contributed by atoms with E-state index in [4.69, 9.17) is 9.57 Å². The lowest BCUT2D eigenvalue weighted by Gasteiger charge is -2.24. The second-order valence-electron chi connectivity index (χ2n) is 9.19. The van der Waals surface area contributed by atoms with Gasteiger partial charge < -0.3 is 14.9 Å². The number of rotatable bonds is 7. The lowest BCUT2D eigenvalue weighted by Crippen LogP contribution is -2.49. The second-order valence-corrected chi connectivity index (χ2v) is 9.19. The van der Waals surface area contributed by atoms with Crippen LogP contribution >= 0.6 is 0 Å². The summed E-state index contributed by atoms with van der Waals surface area (Å²) in [6.45, 7) is 3.70. The summed E-state index contributed by atoms with van der Waals surface area (Å²) in [4.78, 5) is 56.2. The summed E-state index contributed by atoms with van der Waals surface area (Å²) in [6, 6.07) is 21.1. The Morgan fingerprint density at radius 2 is 1.32 bits per heavy atom. The zero-order valence-corrected chi connectivity index (χ0v) is 20.5. The third-order valence-electron chi connectivity index (χ3n) is 7.02. The molecule has 0 bridgehead atoms. The summed E-state index contributed by atoms with van der Waals surface area (Å²) in [5.74, 6) is -2.85. The van der Waals surface area contributed by atoms with Gasteiger partial charge in [0.2, 0.25) is 0 Å². The molecule has 1 N–H and O–H groups in total. The minimum absolute atomic E-state index is 0.0839. The SMILES string of the molecule is CCC(C)C(NC(=O)OCC1c2ccccc2-c2ccccc21)C(=O)ON1C(=O)c2ccccc2C1=O. The molecule has 2 unspecified atom stereocenters. The highest BCUT2D eigenvalue weighted by Crippen LogP contribution is 2.44. The van der Waals surface area contributed by atoms with Crippen molar-refractivity contribution in [1.82, 2.24) is 10.4 Å². The number of carbonyl (C=O) groups is 4. The maximum atomic E-state index is 13.0. The summed E-state index contributed by atoms with van der Waals surface area (Å²) in [6.07, 6.45) is -0.252. The molecule has 1 aliphatic heterocycles. The van der Waals surface area contributed by atoms with Crippen LogP contribution in [0, 0.1) is 5.92 Å². The average molecular weight is 499 g/mol. The molecule has 8 nitrogen and oxygen atoms in total. The number of nitrogens with one attached hydrogen (secondary N) is 1. The van der Waals surface area contributed by atoms with E-state index in [9.17, 15) is 19.2 Å². The zero-order chi connectivity index (χ0) is 26.1. The Kier molecular flexibility index (Phi) is 6.48. The van der Waals surface area contributed by atoms with Gasteiger partial charge in [-0.3, -0.25) is 9.59 Å². The number of hydrogen-bond acceptors (Lipinski definition) is 6. The number of amides is 3. The van der Waals surface area contributed by atoms with E-state index in [0.29, 0.717) is 11.5 Å². The van der Waals surface area contributed by atoms with Crippen LogP contribution in [0.3, 0.4) is 0 Å². The molecule has 0 saturated heterocycles. The fourth-order valence-corrected chi connectivity index (χ4v) is 4.83. The molecule has 0 fully saturated rings. The summed E-state index contributed by atoms with van der Waals surface area (Å²) in [5.41, 5.74) is 4.66. The van der Waals surface area contributed by atoms with Crippen LogP contribution in [-0.2, 0) is 14.4 Å². The van der Waals surface area contributed by atoms with Gasteiger partial charge in [0.15, 0.2) is 0 Å². The van der Waals surface area contributed by atoms with Crippen molar-refractivity contribution in [1.29, 1.82) is 0 Å². The van der Waals surface area contributed by atoms with Crippen LogP contribution in [-0.4, -0.2) is 41.6 Å². The highest BCUT2D eigenvalue weighted by Gasteiger charge is 2.41. The number of carbonyl (C=O) groups excluding carboxylic acids is 4. The molecule has 1 aliphatic carbocycles. The quantitative estimate of drug-likeness (QED) is 0.474. The normalized spacial score (nSPS) is 15.5. The van der Waals surface area contributed by atoms with E-state index in [2.05, 4.69) is 5.32 Å². The fourth-order valence-electron chi connectivity index (χ4n) is 4.83. The third kappa shape index (κ3) is 4.35. The molecule has 37 heavy (non-hydrogen) atoms. The number of benzene rings is 3. The topological polar surface area (TPSA) is 102 Å². The Balaban J connectivity index is 1.26. The van der Waals surface area contributed by atoms with Gasteiger partial charge in [-0.15, -0.1) is 0 Å². The fraction of sp³-hybridized carbons (Fsp3) is 0.241. The first-order valence-corrected chi connectivity index (χ1v) is 12.2. The van der Waals surface area contributed by atoms with Gasteiger partial charge in [0, 0.05) is 5.92 Å². The largest absolute Gasteiger partial charge is 0.449 e. The van der Waals surface area contributed by atoms with Gasteiger partial charge >= 0.3 is 12.1 Å². The second kappa shape index (κ2) is 9.89. The molecule has 5 rings (SSSR count). The van der Waals surface area contributed by atoms with Crippen molar-refractivity contribution in [2.75, 3.05) is 6.61 Å². The zero-order valence-electron chi connectivity index (χ0n) is 20.5. The molecule has 0 spiro atoms. The number of hydroxylamine groups is 2. The molecule has 1 heterocycles. The van der Waals surface area contributed by atoms with Gasteiger partial charge in [0.05, 0.1) is 11.1 Å². The maximum Gasteiger partial charge on any atom is 0.407 e. The standard InChI is InChI=1S/C29H26N2O6/c1-3-17(2)25(28(34)37-31-26(32)22-14-8-9-15-23(22)27(31)33)30-29(35)36-16-24-20-12-6-4-10-18(20)19-11-5-7-13-21(19)24/h4-15,17,24-25H,3,16H2,1-2H3,(H,30,35). The monoisotopic (exact) mass is 498 g/mol. The van der Waals surface area contributed by atoms with Crippen LogP contribution in [0.5, 0.6) is 0 Å². The Hall–Kier alpha value is -4.46. The number of imide groups is 1. The van der Waals surface area contributed by atoms with E-state index in [0.717, 1.165) is 22.3 Å². The molecule has 2 aliphatic rings. The molecule has 0 radical (unpaired) electrons. The van der Waals surface area contributed by atoms with E-state index in [-0.39, 0.29) is 29.6 Å². The van der Waals surface area contributed by atoms with Crippen molar-refractivity contribution >= 4 is 23.9 Å². The summed E-state index contributed by atoms with van der Waals surface area (Å²) in [7, 11) is 0. The van der Waals surface area contributed by atoms with Crippen LogP contribution in [0.25, 0.3) is 11.1 Å². The van der Waals surface area contributed by atoms with Gasteiger partial charge in [0.25, 0.3) is 11.8 Å².